The number of rotatable bonds is 2. The van der Waals surface area contributed by atoms with Crippen LogP contribution in [0.25, 0.3) is 0 Å². The van der Waals surface area contributed by atoms with Crippen LogP contribution in [0.1, 0.15) is 19.8 Å². The molecule has 0 bridgehead atoms. The Balaban J connectivity index is 3.10. The second-order valence-corrected chi connectivity index (χ2v) is 3.74. The van der Waals surface area contributed by atoms with Crippen molar-refractivity contribution in [2.75, 3.05) is 14.2 Å². The SMILES string of the molecule is COC(=O)C1=CCCC(C)C=C1C(=O)OC. The first kappa shape index (κ1) is 12.5. The van der Waals surface area contributed by atoms with Crippen LogP contribution < -0.4 is 0 Å². The monoisotopic (exact) mass is 224 g/mol. The summed E-state index contributed by atoms with van der Waals surface area (Å²) in [4.78, 5) is 23.1. The lowest BCUT2D eigenvalue weighted by atomic mass is 10.0. The molecule has 1 rings (SSSR count). The van der Waals surface area contributed by atoms with Gasteiger partial charge in [0.1, 0.15) is 0 Å². The molecule has 1 aliphatic carbocycles. The Kier molecular flexibility index (Phi) is 4.28. The largest absolute Gasteiger partial charge is 0.465 e. The number of methoxy groups -OCH3 is 2. The Morgan fingerprint density at radius 1 is 1.19 bits per heavy atom. The van der Waals surface area contributed by atoms with Gasteiger partial charge in [0.2, 0.25) is 0 Å². The Hall–Kier alpha value is -1.58. The standard InChI is InChI=1S/C12H16O4/c1-8-5-4-6-9(11(13)15-2)10(7-8)12(14)16-3/h6-8H,4-5H2,1-3H3. The summed E-state index contributed by atoms with van der Waals surface area (Å²) in [7, 11) is 2.60. The number of carbonyl (C=O) groups excluding carboxylic acids is 2. The molecule has 88 valence electrons. The molecule has 1 unspecified atom stereocenters. The second-order valence-electron chi connectivity index (χ2n) is 3.74. The molecule has 16 heavy (non-hydrogen) atoms. The summed E-state index contributed by atoms with van der Waals surface area (Å²) in [6, 6.07) is 0. The third kappa shape index (κ3) is 2.72. The van der Waals surface area contributed by atoms with Gasteiger partial charge in [-0.2, -0.15) is 0 Å². The van der Waals surface area contributed by atoms with E-state index in [2.05, 4.69) is 9.47 Å². The van der Waals surface area contributed by atoms with Crippen molar-refractivity contribution >= 4 is 11.9 Å². The van der Waals surface area contributed by atoms with Gasteiger partial charge in [0.15, 0.2) is 0 Å². The van der Waals surface area contributed by atoms with E-state index >= 15 is 0 Å². The van der Waals surface area contributed by atoms with Gasteiger partial charge in [0.05, 0.1) is 25.4 Å². The molecular weight excluding hydrogens is 208 g/mol. The molecule has 4 heteroatoms. The topological polar surface area (TPSA) is 52.6 Å². The summed E-state index contributed by atoms with van der Waals surface area (Å²) in [5, 5.41) is 0. The molecule has 4 nitrogen and oxygen atoms in total. The van der Waals surface area contributed by atoms with E-state index in [1.54, 1.807) is 12.2 Å². The summed E-state index contributed by atoms with van der Waals surface area (Å²) >= 11 is 0. The van der Waals surface area contributed by atoms with Gasteiger partial charge >= 0.3 is 11.9 Å². The lowest BCUT2D eigenvalue weighted by molar-refractivity contribution is -0.139. The van der Waals surface area contributed by atoms with Crippen LogP contribution in [0.2, 0.25) is 0 Å². The highest BCUT2D eigenvalue weighted by atomic mass is 16.5. The van der Waals surface area contributed by atoms with Crippen molar-refractivity contribution < 1.29 is 19.1 Å². The summed E-state index contributed by atoms with van der Waals surface area (Å²) in [5.74, 6) is -0.747. The first-order valence-electron chi connectivity index (χ1n) is 5.19. The van der Waals surface area contributed by atoms with Gasteiger partial charge in [-0.25, -0.2) is 9.59 Å². The fraction of sp³-hybridized carbons (Fsp3) is 0.500. The number of hydrogen-bond donors (Lipinski definition) is 0. The lowest BCUT2D eigenvalue weighted by Crippen LogP contribution is -2.15. The lowest BCUT2D eigenvalue weighted by Gasteiger charge is -2.08. The molecule has 0 saturated carbocycles. The summed E-state index contributed by atoms with van der Waals surface area (Å²) in [6.45, 7) is 2.00. The molecule has 0 radical (unpaired) electrons. The maximum absolute atomic E-state index is 11.6. The molecule has 0 N–H and O–H groups in total. The molecular formula is C12H16O4. The number of esters is 2. The Bertz CT molecular complexity index is 352. The van der Waals surface area contributed by atoms with Gasteiger partial charge in [0.25, 0.3) is 0 Å². The number of hydrogen-bond acceptors (Lipinski definition) is 4. The van der Waals surface area contributed by atoms with Crippen LogP contribution in [0, 0.1) is 5.92 Å². The van der Waals surface area contributed by atoms with Crippen molar-refractivity contribution in [3.8, 4) is 0 Å². The Labute approximate surface area is 94.9 Å². The molecule has 0 amide bonds. The van der Waals surface area contributed by atoms with Crippen molar-refractivity contribution in [1.82, 2.24) is 0 Å². The summed E-state index contributed by atoms with van der Waals surface area (Å²) in [5.41, 5.74) is 0.609. The average Bonchev–Trinajstić information content (AvgIpc) is 2.49. The van der Waals surface area contributed by atoms with Gasteiger partial charge < -0.3 is 9.47 Å². The van der Waals surface area contributed by atoms with Gasteiger partial charge in [-0.1, -0.05) is 19.1 Å². The minimum Gasteiger partial charge on any atom is -0.465 e. The third-order valence-electron chi connectivity index (χ3n) is 2.52. The fourth-order valence-corrected chi connectivity index (χ4v) is 1.65. The smallest absolute Gasteiger partial charge is 0.338 e. The van der Waals surface area contributed by atoms with Crippen LogP contribution in [0.4, 0.5) is 0 Å². The van der Waals surface area contributed by atoms with Gasteiger partial charge in [-0.05, 0) is 18.8 Å². The van der Waals surface area contributed by atoms with Gasteiger partial charge in [0, 0.05) is 0 Å². The fourth-order valence-electron chi connectivity index (χ4n) is 1.65. The first-order chi connectivity index (χ1) is 7.60. The molecule has 0 heterocycles. The predicted molar refractivity (Wildman–Crippen MR) is 58.6 cm³/mol. The normalized spacial score (nSPS) is 20.3. The van der Waals surface area contributed by atoms with Crippen molar-refractivity contribution in [1.29, 1.82) is 0 Å². The zero-order valence-corrected chi connectivity index (χ0v) is 9.78. The highest BCUT2D eigenvalue weighted by molar-refractivity contribution is 6.07. The number of allylic oxidation sites excluding steroid dienone is 2. The molecule has 1 atom stereocenters. The van der Waals surface area contributed by atoms with Crippen LogP contribution in [0.3, 0.4) is 0 Å². The third-order valence-corrected chi connectivity index (χ3v) is 2.52. The minimum atomic E-state index is -0.495. The van der Waals surface area contributed by atoms with E-state index in [1.807, 2.05) is 6.92 Å². The van der Waals surface area contributed by atoms with Crippen molar-refractivity contribution in [3.63, 3.8) is 0 Å². The quantitative estimate of drug-likeness (QED) is 0.669. The van der Waals surface area contributed by atoms with E-state index in [1.165, 1.54) is 14.2 Å². The van der Waals surface area contributed by atoms with Crippen LogP contribution in [0.5, 0.6) is 0 Å². The van der Waals surface area contributed by atoms with E-state index < -0.39 is 11.9 Å². The number of carbonyl (C=O) groups is 2. The van der Waals surface area contributed by atoms with Crippen molar-refractivity contribution in [2.45, 2.75) is 19.8 Å². The summed E-state index contributed by atoms with van der Waals surface area (Å²) in [6.07, 6.45) is 5.16. The zero-order valence-electron chi connectivity index (χ0n) is 9.78. The molecule has 0 aromatic carbocycles. The molecule has 1 aliphatic rings. The van der Waals surface area contributed by atoms with E-state index in [0.717, 1.165) is 12.8 Å². The van der Waals surface area contributed by atoms with Crippen LogP contribution in [-0.2, 0) is 19.1 Å². The van der Waals surface area contributed by atoms with Gasteiger partial charge in [-0.3, -0.25) is 0 Å². The Morgan fingerprint density at radius 2 is 1.75 bits per heavy atom. The predicted octanol–water partition coefficient (Wildman–Crippen LogP) is 1.62. The Morgan fingerprint density at radius 3 is 2.31 bits per heavy atom. The molecule has 0 saturated heterocycles. The molecule has 0 aromatic heterocycles. The molecule has 0 spiro atoms. The van der Waals surface area contributed by atoms with E-state index in [-0.39, 0.29) is 5.92 Å². The highest BCUT2D eigenvalue weighted by Gasteiger charge is 2.24. The van der Waals surface area contributed by atoms with Crippen molar-refractivity contribution in [3.05, 3.63) is 23.3 Å². The molecule has 0 fully saturated rings. The molecule has 0 aliphatic heterocycles. The van der Waals surface area contributed by atoms with E-state index in [4.69, 9.17) is 0 Å². The highest BCUT2D eigenvalue weighted by Crippen LogP contribution is 2.23. The zero-order chi connectivity index (χ0) is 12.1. The van der Waals surface area contributed by atoms with Crippen LogP contribution in [0.15, 0.2) is 23.3 Å². The van der Waals surface area contributed by atoms with E-state index in [0.29, 0.717) is 11.1 Å². The van der Waals surface area contributed by atoms with Crippen molar-refractivity contribution in [2.24, 2.45) is 5.92 Å². The second kappa shape index (κ2) is 5.49. The van der Waals surface area contributed by atoms with Crippen LogP contribution >= 0.6 is 0 Å². The van der Waals surface area contributed by atoms with Crippen LogP contribution in [-0.4, -0.2) is 26.2 Å². The molecule has 0 aromatic rings. The first-order valence-corrected chi connectivity index (χ1v) is 5.19. The number of ether oxygens (including phenoxy) is 2. The van der Waals surface area contributed by atoms with E-state index in [9.17, 15) is 9.59 Å². The average molecular weight is 224 g/mol. The maximum atomic E-state index is 11.6. The van der Waals surface area contributed by atoms with Gasteiger partial charge in [-0.15, -0.1) is 0 Å². The maximum Gasteiger partial charge on any atom is 0.338 e. The minimum absolute atomic E-state index is 0.243. The summed E-state index contributed by atoms with van der Waals surface area (Å²) < 4.78 is 9.31.